The van der Waals surface area contributed by atoms with Crippen molar-refractivity contribution in [2.24, 2.45) is 5.73 Å². The van der Waals surface area contributed by atoms with Crippen molar-refractivity contribution in [2.75, 3.05) is 13.2 Å². The van der Waals surface area contributed by atoms with Crippen LogP contribution in [-0.4, -0.2) is 23.4 Å². The number of ether oxygens (including phenoxy) is 1. The van der Waals surface area contributed by atoms with Crippen LogP contribution in [0.4, 0.5) is 4.39 Å². The maximum absolute atomic E-state index is 13.5. The standard InChI is InChI=1S/C13H15BrFN3O2/c1-3-19-7-13(2,16)12-17-11(20-18-12)8-4-5-9(14)10(15)6-8/h4-6H,3,7,16H2,1-2H3. The van der Waals surface area contributed by atoms with Crippen molar-refractivity contribution in [3.05, 3.63) is 34.3 Å². The van der Waals surface area contributed by atoms with E-state index in [0.29, 0.717) is 22.5 Å². The topological polar surface area (TPSA) is 74.2 Å². The van der Waals surface area contributed by atoms with Gasteiger partial charge in [-0.2, -0.15) is 4.98 Å². The molecule has 1 atom stereocenters. The van der Waals surface area contributed by atoms with Gasteiger partial charge in [0, 0.05) is 12.2 Å². The number of benzene rings is 1. The summed E-state index contributed by atoms with van der Waals surface area (Å²) in [7, 11) is 0. The van der Waals surface area contributed by atoms with E-state index in [9.17, 15) is 4.39 Å². The SMILES string of the molecule is CCOCC(C)(N)c1noc(-c2ccc(Br)c(F)c2)n1. The Morgan fingerprint density at radius 1 is 1.50 bits per heavy atom. The van der Waals surface area contributed by atoms with Crippen LogP contribution >= 0.6 is 15.9 Å². The number of nitrogens with two attached hydrogens (primary N) is 1. The normalized spacial score (nSPS) is 14.2. The second-order valence-electron chi connectivity index (χ2n) is 4.61. The van der Waals surface area contributed by atoms with Crippen LogP contribution in [-0.2, 0) is 10.3 Å². The van der Waals surface area contributed by atoms with Crippen molar-refractivity contribution in [3.8, 4) is 11.5 Å². The third-order valence-electron chi connectivity index (χ3n) is 2.71. The van der Waals surface area contributed by atoms with Gasteiger partial charge in [-0.05, 0) is 48.0 Å². The Morgan fingerprint density at radius 2 is 2.25 bits per heavy atom. The fourth-order valence-corrected chi connectivity index (χ4v) is 1.83. The lowest BCUT2D eigenvalue weighted by molar-refractivity contribution is 0.0962. The minimum absolute atomic E-state index is 0.222. The molecule has 2 rings (SSSR count). The molecule has 0 radical (unpaired) electrons. The van der Waals surface area contributed by atoms with Crippen LogP contribution < -0.4 is 5.73 Å². The zero-order valence-corrected chi connectivity index (χ0v) is 12.8. The lowest BCUT2D eigenvalue weighted by atomic mass is 10.1. The first kappa shape index (κ1) is 15.1. The monoisotopic (exact) mass is 343 g/mol. The van der Waals surface area contributed by atoms with Crippen molar-refractivity contribution in [2.45, 2.75) is 19.4 Å². The molecule has 0 aliphatic rings. The van der Waals surface area contributed by atoms with Gasteiger partial charge in [0.05, 0.1) is 11.1 Å². The molecule has 7 heteroatoms. The second-order valence-corrected chi connectivity index (χ2v) is 5.46. The summed E-state index contributed by atoms with van der Waals surface area (Å²) in [6.45, 7) is 4.45. The average molecular weight is 344 g/mol. The maximum atomic E-state index is 13.5. The quantitative estimate of drug-likeness (QED) is 0.903. The van der Waals surface area contributed by atoms with E-state index < -0.39 is 11.4 Å². The van der Waals surface area contributed by atoms with Gasteiger partial charge < -0.3 is 15.0 Å². The summed E-state index contributed by atoms with van der Waals surface area (Å²) < 4.78 is 24.3. The number of hydrogen-bond donors (Lipinski definition) is 1. The van der Waals surface area contributed by atoms with Crippen molar-refractivity contribution < 1.29 is 13.7 Å². The van der Waals surface area contributed by atoms with E-state index in [1.807, 2.05) is 6.92 Å². The molecule has 0 bridgehead atoms. The van der Waals surface area contributed by atoms with Crippen molar-refractivity contribution >= 4 is 15.9 Å². The number of halogens is 2. The molecule has 2 aromatic rings. The molecule has 2 N–H and O–H groups in total. The van der Waals surface area contributed by atoms with E-state index in [1.54, 1.807) is 19.1 Å². The Morgan fingerprint density at radius 3 is 2.90 bits per heavy atom. The molecule has 20 heavy (non-hydrogen) atoms. The first-order chi connectivity index (χ1) is 9.44. The zero-order chi connectivity index (χ0) is 14.8. The Hall–Kier alpha value is -1.31. The maximum Gasteiger partial charge on any atom is 0.258 e. The number of aromatic nitrogens is 2. The molecule has 0 spiro atoms. The summed E-state index contributed by atoms with van der Waals surface area (Å²) in [6, 6.07) is 4.58. The molecule has 0 amide bonds. The molecular weight excluding hydrogens is 329 g/mol. The highest BCUT2D eigenvalue weighted by Gasteiger charge is 2.28. The lowest BCUT2D eigenvalue weighted by Crippen LogP contribution is -2.39. The van der Waals surface area contributed by atoms with Gasteiger partial charge in [0.1, 0.15) is 11.4 Å². The van der Waals surface area contributed by atoms with Gasteiger partial charge >= 0.3 is 0 Å². The summed E-state index contributed by atoms with van der Waals surface area (Å²) in [6.07, 6.45) is 0. The van der Waals surface area contributed by atoms with Crippen LogP contribution in [0, 0.1) is 5.82 Å². The van der Waals surface area contributed by atoms with Gasteiger partial charge in [-0.3, -0.25) is 0 Å². The molecule has 0 fully saturated rings. The van der Waals surface area contributed by atoms with E-state index in [0.717, 1.165) is 0 Å². The molecule has 0 saturated heterocycles. The molecule has 1 aromatic heterocycles. The average Bonchev–Trinajstić information content (AvgIpc) is 2.90. The van der Waals surface area contributed by atoms with Gasteiger partial charge in [0.2, 0.25) is 0 Å². The highest BCUT2D eigenvalue weighted by molar-refractivity contribution is 9.10. The van der Waals surface area contributed by atoms with E-state index in [1.165, 1.54) is 6.07 Å². The van der Waals surface area contributed by atoms with E-state index in [4.69, 9.17) is 15.0 Å². The first-order valence-corrected chi connectivity index (χ1v) is 6.89. The highest BCUT2D eigenvalue weighted by Crippen LogP contribution is 2.25. The Kier molecular flexibility index (Phi) is 4.52. The number of hydrogen-bond acceptors (Lipinski definition) is 5. The van der Waals surface area contributed by atoms with Crippen LogP contribution in [0.3, 0.4) is 0 Å². The number of nitrogens with zero attached hydrogens (tertiary/aromatic N) is 2. The van der Waals surface area contributed by atoms with Crippen molar-refractivity contribution in [3.63, 3.8) is 0 Å². The second kappa shape index (κ2) is 5.99. The summed E-state index contributed by atoms with van der Waals surface area (Å²) in [5, 5.41) is 3.84. The summed E-state index contributed by atoms with van der Waals surface area (Å²) >= 11 is 3.09. The number of rotatable bonds is 5. The first-order valence-electron chi connectivity index (χ1n) is 6.10. The lowest BCUT2D eigenvalue weighted by Gasteiger charge is -2.19. The van der Waals surface area contributed by atoms with Crippen molar-refractivity contribution in [1.29, 1.82) is 0 Å². The summed E-state index contributed by atoms with van der Waals surface area (Å²) in [5.41, 5.74) is 5.72. The minimum atomic E-state index is -0.855. The molecule has 108 valence electrons. The van der Waals surface area contributed by atoms with Crippen LogP contribution in [0.25, 0.3) is 11.5 Å². The van der Waals surface area contributed by atoms with E-state index in [-0.39, 0.29) is 12.5 Å². The third-order valence-corrected chi connectivity index (χ3v) is 3.35. The van der Waals surface area contributed by atoms with E-state index >= 15 is 0 Å². The molecular formula is C13H15BrFN3O2. The van der Waals surface area contributed by atoms with Gasteiger partial charge in [0.15, 0.2) is 5.82 Å². The molecule has 0 saturated carbocycles. The predicted octanol–water partition coefficient (Wildman–Crippen LogP) is 2.85. The zero-order valence-electron chi connectivity index (χ0n) is 11.2. The Bertz CT molecular complexity index is 601. The van der Waals surface area contributed by atoms with Gasteiger partial charge in [-0.1, -0.05) is 5.16 Å². The summed E-state index contributed by atoms with van der Waals surface area (Å²) in [5.74, 6) is 0.149. The third kappa shape index (κ3) is 3.23. The summed E-state index contributed by atoms with van der Waals surface area (Å²) in [4.78, 5) is 4.21. The Labute approximate surface area is 124 Å². The van der Waals surface area contributed by atoms with Crippen molar-refractivity contribution in [1.82, 2.24) is 10.1 Å². The van der Waals surface area contributed by atoms with Crippen LogP contribution in [0.5, 0.6) is 0 Å². The van der Waals surface area contributed by atoms with Crippen LogP contribution in [0.15, 0.2) is 27.2 Å². The molecule has 0 aliphatic heterocycles. The molecule has 5 nitrogen and oxygen atoms in total. The van der Waals surface area contributed by atoms with E-state index in [2.05, 4.69) is 26.1 Å². The predicted molar refractivity (Wildman–Crippen MR) is 75.4 cm³/mol. The van der Waals surface area contributed by atoms with Crippen LogP contribution in [0.1, 0.15) is 19.7 Å². The van der Waals surface area contributed by atoms with Crippen LogP contribution in [0.2, 0.25) is 0 Å². The fourth-order valence-electron chi connectivity index (χ4n) is 1.58. The minimum Gasteiger partial charge on any atom is -0.379 e. The molecule has 0 aliphatic carbocycles. The highest BCUT2D eigenvalue weighted by atomic mass is 79.9. The largest absolute Gasteiger partial charge is 0.379 e. The smallest absolute Gasteiger partial charge is 0.258 e. The molecule has 1 aromatic carbocycles. The molecule has 1 heterocycles. The molecule has 1 unspecified atom stereocenters. The van der Waals surface area contributed by atoms with Gasteiger partial charge in [0.25, 0.3) is 5.89 Å². The van der Waals surface area contributed by atoms with Gasteiger partial charge in [-0.15, -0.1) is 0 Å². The Balaban J connectivity index is 2.26. The fraction of sp³-hybridized carbons (Fsp3) is 0.385. The van der Waals surface area contributed by atoms with Gasteiger partial charge in [-0.25, -0.2) is 4.39 Å².